The predicted octanol–water partition coefficient (Wildman–Crippen LogP) is 3.36. The van der Waals surface area contributed by atoms with Gasteiger partial charge >= 0.3 is 0 Å². The maximum Gasteiger partial charge on any atom is 0.153 e. The van der Waals surface area contributed by atoms with E-state index in [4.69, 9.17) is 15.6 Å². The van der Waals surface area contributed by atoms with E-state index in [1.54, 1.807) is 10.9 Å². The summed E-state index contributed by atoms with van der Waals surface area (Å²) in [5.41, 5.74) is 9.52. The molecule has 27 heavy (non-hydrogen) atoms. The van der Waals surface area contributed by atoms with Crippen LogP contribution in [-0.2, 0) is 4.74 Å². The van der Waals surface area contributed by atoms with Gasteiger partial charge in [0.05, 0.1) is 25.0 Å². The summed E-state index contributed by atoms with van der Waals surface area (Å²) in [6.07, 6.45) is 3.56. The lowest BCUT2D eigenvalue weighted by atomic mass is 9.98. The van der Waals surface area contributed by atoms with E-state index in [9.17, 15) is 0 Å². The van der Waals surface area contributed by atoms with Gasteiger partial charge in [-0.15, -0.1) is 12.6 Å². The highest BCUT2D eigenvalue weighted by atomic mass is 32.1. The summed E-state index contributed by atoms with van der Waals surface area (Å²) in [4.78, 5) is 5.25. The van der Waals surface area contributed by atoms with Crippen molar-refractivity contribution in [1.82, 2.24) is 14.8 Å². The second-order valence-electron chi connectivity index (χ2n) is 6.41. The lowest BCUT2D eigenvalue weighted by Crippen LogP contribution is -2.06. The standard InChI is InChI=1S/C20H24N4O2S/c1-13(15-3-5-17(21)19(27)11-15)18-7-8-24(23-18)20-6-4-16(12-22-20)14(2)26-10-9-25/h3-8,11-14,25,27H,9-10,21H2,1-2H3. The molecule has 3 rings (SSSR count). The zero-order valence-electron chi connectivity index (χ0n) is 15.4. The van der Waals surface area contributed by atoms with Crippen LogP contribution in [0.4, 0.5) is 5.69 Å². The molecule has 3 N–H and O–H groups in total. The number of rotatable bonds is 7. The van der Waals surface area contributed by atoms with E-state index >= 15 is 0 Å². The van der Waals surface area contributed by atoms with Gasteiger partial charge in [-0.2, -0.15) is 5.10 Å². The molecule has 142 valence electrons. The number of ether oxygens (including phenoxy) is 1. The third-order valence-corrected chi connectivity index (χ3v) is 4.93. The molecule has 2 unspecified atom stereocenters. The highest BCUT2D eigenvalue weighted by Gasteiger charge is 2.14. The van der Waals surface area contributed by atoms with Crippen molar-refractivity contribution in [3.8, 4) is 5.82 Å². The molecule has 6 nitrogen and oxygen atoms in total. The molecule has 0 saturated heterocycles. The lowest BCUT2D eigenvalue weighted by molar-refractivity contribution is 0.0383. The molecule has 2 heterocycles. The van der Waals surface area contributed by atoms with E-state index < -0.39 is 0 Å². The van der Waals surface area contributed by atoms with Crippen LogP contribution >= 0.6 is 12.6 Å². The van der Waals surface area contributed by atoms with Crippen LogP contribution in [0.25, 0.3) is 5.82 Å². The molecular formula is C20H24N4O2S. The first kappa shape index (κ1) is 19.4. The van der Waals surface area contributed by atoms with Gasteiger partial charge in [-0.05, 0) is 42.3 Å². The highest BCUT2D eigenvalue weighted by Crippen LogP contribution is 2.27. The molecule has 0 aliphatic carbocycles. The van der Waals surface area contributed by atoms with Crippen LogP contribution in [0.15, 0.2) is 53.7 Å². The number of pyridine rings is 1. The number of anilines is 1. The fourth-order valence-electron chi connectivity index (χ4n) is 2.80. The van der Waals surface area contributed by atoms with Crippen LogP contribution < -0.4 is 5.73 Å². The summed E-state index contributed by atoms with van der Waals surface area (Å²) in [6.45, 7) is 4.35. The van der Waals surface area contributed by atoms with Crippen LogP contribution in [0, 0.1) is 0 Å². The summed E-state index contributed by atoms with van der Waals surface area (Å²) in [5.74, 6) is 0.850. The van der Waals surface area contributed by atoms with Crippen molar-refractivity contribution < 1.29 is 9.84 Å². The molecule has 0 aliphatic rings. The van der Waals surface area contributed by atoms with Crippen LogP contribution in [-0.4, -0.2) is 33.1 Å². The van der Waals surface area contributed by atoms with Crippen LogP contribution in [0.2, 0.25) is 0 Å². The van der Waals surface area contributed by atoms with Gasteiger partial charge in [-0.3, -0.25) is 0 Å². The van der Waals surface area contributed by atoms with Gasteiger partial charge in [0.15, 0.2) is 5.82 Å². The number of aliphatic hydroxyl groups is 1. The second kappa shape index (κ2) is 8.56. The summed E-state index contributed by atoms with van der Waals surface area (Å²) >= 11 is 4.40. The molecular weight excluding hydrogens is 360 g/mol. The average molecular weight is 385 g/mol. The Hall–Kier alpha value is -2.35. The first-order valence-corrected chi connectivity index (χ1v) is 9.27. The molecule has 2 aromatic heterocycles. The van der Waals surface area contributed by atoms with E-state index in [0.29, 0.717) is 12.3 Å². The maximum atomic E-state index is 8.85. The molecule has 7 heteroatoms. The molecule has 3 aromatic rings. The minimum Gasteiger partial charge on any atom is -0.398 e. The van der Waals surface area contributed by atoms with Gasteiger partial charge in [0.2, 0.25) is 0 Å². The average Bonchev–Trinajstić information content (AvgIpc) is 3.18. The first-order chi connectivity index (χ1) is 13.0. The van der Waals surface area contributed by atoms with Crippen molar-refractivity contribution in [2.75, 3.05) is 18.9 Å². The number of thiol groups is 1. The zero-order valence-corrected chi connectivity index (χ0v) is 16.3. The smallest absolute Gasteiger partial charge is 0.153 e. The number of nitrogen functional groups attached to an aromatic ring is 1. The minimum absolute atomic E-state index is 0.00677. The quantitative estimate of drug-likeness (QED) is 0.430. The van der Waals surface area contributed by atoms with E-state index in [1.165, 1.54) is 0 Å². The van der Waals surface area contributed by atoms with Crippen molar-refractivity contribution in [2.45, 2.75) is 30.8 Å². The Balaban J connectivity index is 1.76. The first-order valence-electron chi connectivity index (χ1n) is 8.82. The normalized spacial score (nSPS) is 13.5. The summed E-state index contributed by atoms with van der Waals surface area (Å²) in [7, 11) is 0. The number of hydrogen-bond donors (Lipinski definition) is 3. The van der Waals surface area contributed by atoms with E-state index in [1.807, 2.05) is 49.5 Å². The molecule has 0 saturated carbocycles. The van der Waals surface area contributed by atoms with Crippen LogP contribution in [0.1, 0.15) is 42.7 Å². The second-order valence-corrected chi connectivity index (χ2v) is 6.89. The topological polar surface area (TPSA) is 86.2 Å². The molecule has 0 radical (unpaired) electrons. The van der Waals surface area contributed by atoms with Gasteiger partial charge in [0, 0.05) is 28.9 Å². The third-order valence-electron chi connectivity index (χ3n) is 4.54. The van der Waals surface area contributed by atoms with Gasteiger partial charge < -0.3 is 15.6 Å². The molecule has 0 fully saturated rings. The number of aliphatic hydroxyl groups excluding tert-OH is 1. The Kier molecular flexibility index (Phi) is 6.15. The number of aromatic nitrogens is 3. The van der Waals surface area contributed by atoms with Gasteiger partial charge in [0.1, 0.15) is 0 Å². The third kappa shape index (κ3) is 4.50. The molecule has 0 amide bonds. The molecule has 2 atom stereocenters. The van der Waals surface area contributed by atoms with Crippen molar-refractivity contribution in [3.05, 3.63) is 65.6 Å². The molecule has 1 aromatic carbocycles. The fraction of sp³-hybridized carbons (Fsp3) is 0.300. The summed E-state index contributed by atoms with van der Waals surface area (Å²) in [6, 6.07) is 11.7. The van der Waals surface area contributed by atoms with Gasteiger partial charge in [-0.25, -0.2) is 9.67 Å². The fourth-order valence-corrected chi connectivity index (χ4v) is 3.02. The van der Waals surface area contributed by atoms with E-state index in [-0.39, 0.29) is 18.6 Å². The Bertz CT molecular complexity index is 895. The highest BCUT2D eigenvalue weighted by molar-refractivity contribution is 7.80. The van der Waals surface area contributed by atoms with Crippen molar-refractivity contribution in [3.63, 3.8) is 0 Å². The maximum absolute atomic E-state index is 8.85. The lowest BCUT2D eigenvalue weighted by Gasteiger charge is -2.13. The Morgan fingerprint density at radius 2 is 1.96 bits per heavy atom. The number of hydrogen-bond acceptors (Lipinski definition) is 6. The van der Waals surface area contributed by atoms with Crippen LogP contribution in [0.3, 0.4) is 0 Å². The number of nitrogens with zero attached hydrogens (tertiary/aromatic N) is 3. The van der Waals surface area contributed by atoms with E-state index in [0.717, 1.165) is 27.5 Å². The van der Waals surface area contributed by atoms with Gasteiger partial charge in [-0.1, -0.05) is 19.1 Å². The molecule has 0 aliphatic heterocycles. The minimum atomic E-state index is -0.118. The van der Waals surface area contributed by atoms with Crippen molar-refractivity contribution in [2.24, 2.45) is 0 Å². The van der Waals surface area contributed by atoms with E-state index in [2.05, 4.69) is 29.6 Å². The predicted molar refractivity (Wildman–Crippen MR) is 108 cm³/mol. The Morgan fingerprint density at radius 1 is 1.19 bits per heavy atom. The Labute approximate surface area is 164 Å². The SMILES string of the molecule is CC(OCCO)c1ccc(-n2ccc(C(C)c3ccc(N)c(S)c3)n2)nc1. The zero-order chi connectivity index (χ0) is 19.4. The molecule has 0 bridgehead atoms. The Morgan fingerprint density at radius 3 is 2.63 bits per heavy atom. The molecule has 0 spiro atoms. The van der Waals surface area contributed by atoms with Crippen molar-refractivity contribution >= 4 is 18.3 Å². The number of benzene rings is 1. The van der Waals surface area contributed by atoms with Crippen LogP contribution in [0.5, 0.6) is 0 Å². The largest absolute Gasteiger partial charge is 0.398 e. The summed E-state index contributed by atoms with van der Waals surface area (Å²) < 4.78 is 7.26. The summed E-state index contributed by atoms with van der Waals surface area (Å²) in [5, 5.41) is 13.5. The van der Waals surface area contributed by atoms with Gasteiger partial charge in [0.25, 0.3) is 0 Å². The number of nitrogens with two attached hydrogens (primary N) is 1. The van der Waals surface area contributed by atoms with Crippen molar-refractivity contribution in [1.29, 1.82) is 0 Å². The monoisotopic (exact) mass is 384 g/mol.